The van der Waals surface area contributed by atoms with Gasteiger partial charge in [-0.15, -0.1) is 0 Å². The molecule has 29 heavy (non-hydrogen) atoms. The zero-order valence-corrected chi connectivity index (χ0v) is 16.5. The lowest BCUT2D eigenvalue weighted by Gasteiger charge is -2.16. The van der Waals surface area contributed by atoms with Gasteiger partial charge in [0.15, 0.2) is 0 Å². The van der Waals surface area contributed by atoms with Crippen LogP contribution in [0.4, 0.5) is 4.39 Å². The normalized spacial score (nSPS) is 13.3. The Labute approximate surface area is 169 Å². The molecule has 0 atom stereocenters. The van der Waals surface area contributed by atoms with Gasteiger partial charge in [0.25, 0.3) is 5.91 Å². The van der Waals surface area contributed by atoms with E-state index in [1.807, 2.05) is 36.5 Å². The van der Waals surface area contributed by atoms with E-state index >= 15 is 0 Å². The maximum absolute atomic E-state index is 14.9. The molecule has 0 fully saturated rings. The summed E-state index contributed by atoms with van der Waals surface area (Å²) in [6.07, 6.45) is 4.35. The summed E-state index contributed by atoms with van der Waals surface area (Å²) in [6.45, 7) is 2.79. The summed E-state index contributed by atoms with van der Waals surface area (Å²) in [5.41, 5.74) is 5.84. The number of benzene rings is 2. The minimum atomic E-state index is -0.315. The topological polar surface area (TPSA) is 45.6 Å². The molecule has 1 aliphatic rings. The predicted octanol–water partition coefficient (Wildman–Crippen LogP) is 4.65. The molecule has 2 heterocycles. The number of pyridine rings is 1. The smallest absolute Gasteiger partial charge is 0.273 e. The van der Waals surface area contributed by atoms with Crippen LogP contribution in [-0.2, 0) is 19.5 Å². The van der Waals surface area contributed by atoms with Crippen LogP contribution in [0.5, 0.6) is 0 Å². The SMILES string of the molecule is CCc1ccc(-c2ccc(CN3Cc4cccnc4C3=O)c(F)c2)cc1/C=N\C. The predicted molar refractivity (Wildman–Crippen MR) is 113 cm³/mol. The Bertz CT molecular complexity index is 1110. The highest BCUT2D eigenvalue weighted by Gasteiger charge is 2.28. The van der Waals surface area contributed by atoms with Crippen LogP contribution in [0.2, 0.25) is 0 Å². The molecule has 0 bridgehead atoms. The largest absolute Gasteiger partial charge is 0.328 e. The van der Waals surface area contributed by atoms with Gasteiger partial charge in [0.2, 0.25) is 0 Å². The second kappa shape index (κ2) is 7.95. The van der Waals surface area contributed by atoms with Gasteiger partial charge in [-0.2, -0.15) is 0 Å². The summed E-state index contributed by atoms with van der Waals surface area (Å²) in [5, 5.41) is 0. The standard InChI is InChI=1S/C24H22FN3O/c1-3-16-6-7-17(11-21(16)13-26-2)18-8-9-19(22(25)12-18)14-28-15-20-5-4-10-27-23(20)24(28)29/h4-13H,3,14-15H2,1-2H3/b26-13-. The van der Waals surface area contributed by atoms with Crippen LogP contribution in [0.1, 0.15) is 39.7 Å². The third kappa shape index (κ3) is 3.68. The van der Waals surface area contributed by atoms with Crippen molar-refractivity contribution < 1.29 is 9.18 Å². The van der Waals surface area contributed by atoms with E-state index < -0.39 is 0 Å². The number of aliphatic imine (C=N–C) groups is 1. The van der Waals surface area contributed by atoms with Gasteiger partial charge < -0.3 is 4.90 Å². The molecule has 0 saturated heterocycles. The Morgan fingerprint density at radius 1 is 1.14 bits per heavy atom. The average Bonchev–Trinajstić information content (AvgIpc) is 3.05. The zero-order chi connectivity index (χ0) is 20.4. The molecule has 4 nitrogen and oxygen atoms in total. The van der Waals surface area contributed by atoms with E-state index in [1.54, 1.807) is 24.2 Å². The van der Waals surface area contributed by atoms with Crippen LogP contribution in [-0.4, -0.2) is 29.1 Å². The van der Waals surface area contributed by atoms with Crippen LogP contribution < -0.4 is 0 Å². The number of hydrogen-bond acceptors (Lipinski definition) is 3. The first-order chi connectivity index (χ1) is 14.1. The number of fused-ring (bicyclic) bond motifs is 1. The number of rotatable bonds is 5. The summed E-state index contributed by atoms with van der Waals surface area (Å²) in [6, 6.07) is 15.0. The van der Waals surface area contributed by atoms with Gasteiger partial charge in [-0.25, -0.2) is 4.39 Å². The minimum absolute atomic E-state index is 0.150. The number of nitrogens with zero attached hydrogens (tertiary/aromatic N) is 3. The fraction of sp³-hybridized carbons (Fsp3) is 0.208. The van der Waals surface area contributed by atoms with Crippen LogP contribution in [0.25, 0.3) is 11.1 Å². The van der Waals surface area contributed by atoms with Crippen LogP contribution in [0.15, 0.2) is 59.7 Å². The van der Waals surface area contributed by atoms with Crippen molar-refractivity contribution in [2.75, 3.05) is 7.05 Å². The van der Waals surface area contributed by atoms with Crippen molar-refractivity contribution in [1.82, 2.24) is 9.88 Å². The van der Waals surface area contributed by atoms with Gasteiger partial charge in [-0.05, 0) is 46.9 Å². The van der Waals surface area contributed by atoms with Crippen molar-refractivity contribution in [3.63, 3.8) is 0 Å². The van der Waals surface area contributed by atoms with Crippen LogP contribution in [0, 0.1) is 5.82 Å². The number of carbonyl (C=O) groups excluding carboxylic acids is 1. The summed E-state index contributed by atoms with van der Waals surface area (Å²) in [5.74, 6) is -0.466. The molecule has 3 aromatic rings. The Hall–Kier alpha value is -3.34. The van der Waals surface area contributed by atoms with Crippen molar-refractivity contribution in [3.05, 3.63) is 88.5 Å². The summed E-state index contributed by atoms with van der Waals surface area (Å²) in [4.78, 5) is 22.4. The Balaban J connectivity index is 1.58. The second-order valence-corrected chi connectivity index (χ2v) is 7.13. The molecule has 0 spiro atoms. The highest BCUT2D eigenvalue weighted by atomic mass is 19.1. The molecule has 1 amide bonds. The van der Waals surface area contributed by atoms with Crippen molar-refractivity contribution in [3.8, 4) is 11.1 Å². The van der Waals surface area contributed by atoms with Crippen molar-refractivity contribution in [2.45, 2.75) is 26.4 Å². The maximum Gasteiger partial charge on any atom is 0.273 e. The number of halogens is 1. The van der Waals surface area contributed by atoms with Crippen LogP contribution >= 0.6 is 0 Å². The lowest BCUT2D eigenvalue weighted by Crippen LogP contribution is -2.24. The second-order valence-electron chi connectivity index (χ2n) is 7.13. The molecule has 4 rings (SSSR count). The molecule has 0 N–H and O–H groups in total. The molecule has 0 unspecified atom stereocenters. The minimum Gasteiger partial charge on any atom is -0.328 e. The summed E-state index contributed by atoms with van der Waals surface area (Å²) in [7, 11) is 1.74. The molecule has 1 aromatic heterocycles. The van der Waals surface area contributed by atoms with Gasteiger partial charge in [-0.1, -0.05) is 37.3 Å². The molecule has 0 saturated carbocycles. The van der Waals surface area contributed by atoms with E-state index in [4.69, 9.17) is 0 Å². The Kier molecular flexibility index (Phi) is 5.21. The highest BCUT2D eigenvalue weighted by molar-refractivity contribution is 5.96. The van der Waals surface area contributed by atoms with Crippen LogP contribution in [0.3, 0.4) is 0 Å². The Morgan fingerprint density at radius 2 is 1.90 bits per heavy atom. The van der Waals surface area contributed by atoms with E-state index in [-0.39, 0.29) is 18.3 Å². The highest BCUT2D eigenvalue weighted by Crippen LogP contribution is 2.27. The molecular weight excluding hydrogens is 365 g/mol. The monoisotopic (exact) mass is 387 g/mol. The van der Waals surface area contributed by atoms with E-state index in [0.29, 0.717) is 17.8 Å². The maximum atomic E-state index is 14.9. The fourth-order valence-electron chi connectivity index (χ4n) is 3.73. The van der Waals surface area contributed by atoms with E-state index in [1.165, 1.54) is 11.6 Å². The number of aromatic nitrogens is 1. The molecule has 1 aliphatic heterocycles. The summed E-state index contributed by atoms with van der Waals surface area (Å²) >= 11 is 0. The quantitative estimate of drug-likeness (QED) is 0.598. The molecule has 146 valence electrons. The van der Waals surface area contributed by atoms with Gasteiger partial charge in [0.05, 0.1) is 0 Å². The van der Waals surface area contributed by atoms with Crippen molar-refractivity contribution in [1.29, 1.82) is 0 Å². The first kappa shape index (κ1) is 19.0. The first-order valence-electron chi connectivity index (χ1n) is 9.67. The molecule has 5 heteroatoms. The van der Waals surface area contributed by atoms with Crippen molar-refractivity contribution >= 4 is 12.1 Å². The average molecular weight is 387 g/mol. The molecule has 2 aromatic carbocycles. The van der Waals surface area contributed by atoms with E-state index in [9.17, 15) is 9.18 Å². The van der Waals surface area contributed by atoms with Gasteiger partial charge in [-0.3, -0.25) is 14.8 Å². The fourth-order valence-corrected chi connectivity index (χ4v) is 3.73. The number of carbonyl (C=O) groups is 1. The molecule has 0 aliphatic carbocycles. The van der Waals surface area contributed by atoms with E-state index in [2.05, 4.69) is 23.0 Å². The van der Waals surface area contributed by atoms with E-state index in [0.717, 1.165) is 28.7 Å². The first-order valence-corrected chi connectivity index (χ1v) is 9.67. The van der Waals surface area contributed by atoms with Gasteiger partial charge >= 0.3 is 0 Å². The Morgan fingerprint density at radius 3 is 2.59 bits per heavy atom. The lowest BCUT2D eigenvalue weighted by molar-refractivity contribution is 0.0761. The van der Waals surface area contributed by atoms with Gasteiger partial charge in [0.1, 0.15) is 11.5 Å². The number of aryl methyl sites for hydroxylation is 1. The molecule has 0 radical (unpaired) electrons. The van der Waals surface area contributed by atoms with Crippen molar-refractivity contribution in [2.24, 2.45) is 4.99 Å². The number of hydrogen-bond donors (Lipinski definition) is 0. The lowest BCUT2D eigenvalue weighted by atomic mass is 9.97. The zero-order valence-electron chi connectivity index (χ0n) is 16.5. The summed E-state index contributed by atoms with van der Waals surface area (Å²) < 4.78 is 14.9. The third-order valence-electron chi connectivity index (χ3n) is 5.28. The third-order valence-corrected chi connectivity index (χ3v) is 5.28. The van der Waals surface area contributed by atoms with Gasteiger partial charge in [0, 0.05) is 43.7 Å². The number of amides is 1. The molecular formula is C24H22FN3O.